The Morgan fingerprint density at radius 2 is 1.61 bits per heavy atom. The van der Waals surface area contributed by atoms with Crippen LogP contribution in [0.25, 0.3) is 0 Å². The third-order valence-corrected chi connectivity index (χ3v) is 4.47. The van der Waals surface area contributed by atoms with Crippen LogP contribution >= 0.6 is 11.6 Å². The van der Waals surface area contributed by atoms with Crippen molar-refractivity contribution in [2.24, 2.45) is 0 Å². The molecule has 0 saturated heterocycles. The minimum atomic E-state index is -0.554. The van der Waals surface area contributed by atoms with Crippen LogP contribution in [0.2, 0.25) is 5.02 Å². The van der Waals surface area contributed by atoms with Gasteiger partial charge in [0.2, 0.25) is 0 Å². The van der Waals surface area contributed by atoms with Gasteiger partial charge in [-0.1, -0.05) is 41.9 Å². The van der Waals surface area contributed by atoms with Gasteiger partial charge in [-0.15, -0.1) is 0 Å². The van der Waals surface area contributed by atoms with Crippen molar-refractivity contribution < 1.29 is 14.0 Å². The molecule has 0 aliphatic rings. The summed E-state index contributed by atoms with van der Waals surface area (Å²) < 4.78 is 13.2. The van der Waals surface area contributed by atoms with Crippen molar-refractivity contribution in [3.05, 3.63) is 100 Å². The van der Waals surface area contributed by atoms with Crippen molar-refractivity contribution in [1.29, 1.82) is 0 Å². The second-order valence-corrected chi connectivity index (χ2v) is 6.71. The zero-order valence-electron chi connectivity index (χ0n) is 15.2. The van der Waals surface area contributed by atoms with Crippen LogP contribution in [-0.4, -0.2) is 23.8 Å². The van der Waals surface area contributed by atoms with Crippen molar-refractivity contribution in [2.45, 2.75) is 6.54 Å². The molecule has 2 amide bonds. The van der Waals surface area contributed by atoms with Crippen LogP contribution in [0.3, 0.4) is 0 Å². The molecule has 0 aliphatic heterocycles. The van der Waals surface area contributed by atoms with E-state index in [-0.39, 0.29) is 16.8 Å². The third kappa shape index (κ3) is 4.75. The number of carbonyl (C=O) groups excluding carboxylic acids is 2. The fraction of sp³-hybridized carbons (Fsp3) is 0.0909. The summed E-state index contributed by atoms with van der Waals surface area (Å²) >= 11 is 5.72. The van der Waals surface area contributed by atoms with Crippen molar-refractivity contribution in [2.75, 3.05) is 12.4 Å². The second kappa shape index (κ2) is 8.67. The second-order valence-electron chi connectivity index (χ2n) is 6.31. The highest BCUT2D eigenvalue weighted by Crippen LogP contribution is 2.20. The Labute approximate surface area is 167 Å². The number of nitrogens with one attached hydrogen (secondary N) is 1. The molecule has 1 N–H and O–H groups in total. The van der Waals surface area contributed by atoms with E-state index < -0.39 is 5.82 Å². The van der Waals surface area contributed by atoms with Gasteiger partial charge >= 0.3 is 0 Å². The van der Waals surface area contributed by atoms with Gasteiger partial charge in [0.05, 0.1) is 5.02 Å². The number of hydrogen-bond donors (Lipinski definition) is 1. The Morgan fingerprint density at radius 3 is 2.25 bits per heavy atom. The van der Waals surface area contributed by atoms with E-state index in [2.05, 4.69) is 5.32 Å². The molecule has 0 spiro atoms. The molecule has 0 atom stereocenters. The summed E-state index contributed by atoms with van der Waals surface area (Å²) in [5.74, 6) is -1.07. The highest BCUT2D eigenvalue weighted by Gasteiger charge is 2.14. The predicted octanol–water partition coefficient (Wildman–Crippen LogP) is 5.00. The van der Waals surface area contributed by atoms with E-state index >= 15 is 0 Å². The number of anilines is 1. The molecule has 4 nitrogen and oxygen atoms in total. The van der Waals surface area contributed by atoms with Gasteiger partial charge in [-0.2, -0.15) is 0 Å². The quantitative estimate of drug-likeness (QED) is 0.659. The lowest BCUT2D eigenvalue weighted by Gasteiger charge is -2.17. The van der Waals surface area contributed by atoms with Gasteiger partial charge in [0.25, 0.3) is 11.8 Å². The Morgan fingerprint density at radius 1 is 0.964 bits per heavy atom. The monoisotopic (exact) mass is 396 g/mol. The summed E-state index contributed by atoms with van der Waals surface area (Å²) in [4.78, 5) is 26.5. The van der Waals surface area contributed by atoms with E-state index in [9.17, 15) is 14.0 Å². The molecule has 0 bridgehead atoms. The molecule has 3 aromatic rings. The zero-order valence-corrected chi connectivity index (χ0v) is 15.9. The maximum absolute atomic E-state index is 13.2. The first kappa shape index (κ1) is 19.6. The van der Waals surface area contributed by atoms with E-state index in [1.807, 2.05) is 30.3 Å². The SMILES string of the molecule is CN(Cc1ccccc1)C(=O)c1ccc(C(=O)Nc2ccc(F)c(Cl)c2)cc1. The topological polar surface area (TPSA) is 49.4 Å². The summed E-state index contributed by atoms with van der Waals surface area (Å²) in [6.07, 6.45) is 0. The normalized spacial score (nSPS) is 10.4. The van der Waals surface area contributed by atoms with Crippen LogP contribution in [0.4, 0.5) is 10.1 Å². The zero-order chi connectivity index (χ0) is 20.1. The van der Waals surface area contributed by atoms with Crippen molar-refractivity contribution >= 4 is 29.1 Å². The first-order valence-electron chi connectivity index (χ1n) is 8.60. The van der Waals surface area contributed by atoms with E-state index in [1.54, 1.807) is 36.2 Å². The summed E-state index contributed by atoms with van der Waals surface area (Å²) in [6, 6.07) is 20.0. The molecular formula is C22H18ClFN2O2. The molecule has 3 aromatic carbocycles. The largest absolute Gasteiger partial charge is 0.337 e. The van der Waals surface area contributed by atoms with Crippen LogP contribution in [0.1, 0.15) is 26.3 Å². The summed E-state index contributed by atoms with van der Waals surface area (Å²) in [7, 11) is 1.73. The minimum absolute atomic E-state index is 0.0693. The van der Waals surface area contributed by atoms with Gasteiger partial charge in [0.1, 0.15) is 5.82 Å². The lowest BCUT2D eigenvalue weighted by atomic mass is 10.1. The smallest absolute Gasteiger partial charge is 0.255 e. The molecule has 0 heterocycles. The van der Waals surface area contributed by atoms with E-state index in [0.29, 0.717) is 23.4 Å². The van der Waals surface area contributed by atoms with Crippen LogP contribution in [0.15, 0.2) is 72.8 Å². The molecule has 0 aliphatic carbocycles. The summed E-state index contributed by atoms with van der Waals surface area (Å²) in [5, 5.41) is 2.58. The van der Waals surface area contributed by atoms with Gasteiger partial charge in [-0.3, -0.25) is 9.59 Å². The number of nitrogens with zero attached hydrogens (tertiary/aromatic N) is 1. The highest BCUT2D eigenvalue weighted by atomic mass is 35.5. The average molecular weight is 397 g/mol. The number of benzene rings is 3. The Hall–Kier alpha value is -3.18. The maximum Gasteiger partial charge on any atom is 0.255 e. The van der Waals surface area contributed by atoms with Crippen molar-refractivity contribution in [3.8, 4) is 0 Å². The summed E-state index contributed by atoms with van der Waals surface area (Å²) in [5.41, 5.74) is 2.29. The molecule has 0 aromatic heterocycles. The van der Waals surface area contributed by atoms with Crippen molar-refractivity contribution in [1.82, 2.24) is 4.90 Å². The highest BCUT2D eigenvalue weighted by molar-refractivity contribution is 6.31. The van der Waals surface area contributed by atoms with Crippen LogP contribution in [-0.2, 0) is 6.54 Å². The molecule has 0 unspecified atom stereocenters. The Bertz CT molecular complexity index is 991. The standard InChI is InChI=1S/C22H18ClFN2O2/c1-26(14-15-5-3-2-4-6-15)22(28)17-9-7-16(8-10-17)21(27)25-18-11-12-20(24)19(23)13-18/h2-13H,14H2,1H3,(H,25,27). The predicted molar refractivity (Wildman–Crippen MR) is 108 cm³/mol. The number of rotatable bonds is 5. The van der Waals surface area contributed by atoms with Crippen LogP contribution in [0.5, 0.6) is 0 Å². The fourth-order valence-corrected chi connectivity index (χ4v) is 2.87. The lowest BCUT2D eigenvalue weighted by Crippen LogP contribution is -2.26. The van der Waals surface area contributed by atoms with Gasteiger partial charge in [0, 0.05) is 30.4 Å². The third-order valence-electron chi connectivity index (χ3n) is 4.18. The minimum Gasteiger partial charge on any atom is -0.337 e. The first-order valence-corrected chi connectivity index (χ1v) is 8.97. The van der Waals surface area contributed by atoms with Crippen LogP contribution < -0.4 is 5.32 Å². The Kier molecular flexibility index (Phi) is 6.06. The maximum atomic E-state index is 13.2. The fourth-order valence-electron chi connectivity index (χ4n) is 2.69. The average Bonchev–Trinajstić information content (AvgIpc) is 2.71. The van der Waals surface area contributed by atoms with Gasteiger partial charge in [-0.25, -0.2) is 4.39 Å². The van der Waals surface area contributed by atoms with Gasteiger partial charge in [-0.05, 0) is 48.0 Å². The number of amides is 2. The van der Waals surface area contributed by atoms with Crippen molar-refractivity contribution in [3.63, 3.8) is 0 Å². The first-order chi connectivity index (χ1) is 13.4. The molecule has 0 fully saturated rings. The molecular weight excluding hydrogens is 379 g/mol. The number of carbonyl (C=O) groups is 2. The van der Waals surface area contributed by atoms with E-state index in [1.165, 1.54) is 18.2 Å². The molecule has 28 heavy (non-hydrogen) atoms. The number of hydrogen-bond acceptors (Lipinski definition) is 2. The van der Waals surface area contributed by atoms with Gasteiger partial charge < -0.3 is 10.2 Å². The van der Waals surface area contributed by atoms with E-state index in [4.69, 9.17) is 11.6 Å². The van der Waals surface area contributed by atoms with Crippen LogP contribution in [0, 0.1) is 5.82 Å². The molecule has 0 radical (unpaired) electrons. The number of halogens is 2. The summed E-state index contributed by atoms with van der Waals surface area (Å²) in [6.45, 7) is 0.493. The van der Waals surface area contributed by atoms with E-state index in [0.717, 1.165) is 5.56 Å². The molecule has 0 saturated carbocycles. The molecule has 6 heteroatoms. The lowest BCUT2D eigenvalue weighted by molar-refractivity contribution is 0.0784. The Balaban J connectivity index is 1.65. The molecule has 3 rings (SSSR count). The molecule has 142 valence electrons. The van der Waals surface area contributed by atoms with Gasteiger partial charge in [0.15, 0.2) is 0 Å².